The Morgan fingerprint density at radius 2 is 1.82 bits per heavy atom. The van der Waals surface area contributed by atoms with Crippen LogP contribution in [-0.2, 0) is 4.79 Å². The van der Waals surface area contributed by atoms with Crippen molar-refractivity contribution in [3.63, 3.8) is 0 Å². The predicted molar refractivity (Wildman–Crippen MR) is 92.0 cm³/mol. The lowest BCUT2D eigenvalue weighted by atomic mass is 10.1. The molecule has 1 aromatic rings. The number of hydrogen-bond acceptors (Lipinski definition) is 7. The Hall–Kier alpha value is -1.45. The molecular weight excluding hydrogens is 322 g/mol. The van der Waals surface area contributed by atoms with E-state index in [1.807, 2.05) is 29.2 Å². The van der Waals surface area contributed by atoms with Gasteiger partial charge in [-0.1, -0.05) is 36.1 Å². The lowest BCUT2D eigenvalue weighted by Gasteiger charge is -2.22. The summed E-state index contributed by atoms with van der Waals surface area (Å²) < 4.78 is 0.338. The molecule has 1 fully saturated rings. The SMILES string of the molecule is NN1C(=O)/C(=C\c2ccc(N(CCO)CCO)cc2)SC1=S. The molecule has 0 unspecified atom stereocenters. The maximum absolute atomic E-state index is 11.8. The van der Waals surface area contributed by atoms with Crippen molar-refractivity contribution in [2.24, 2.45) is 5.84 Å². The Morgan fingerprint density at radius 3 is 2.27 bits per heavy atom. The van der Waals surface area contributed by atoms with E-state index in [1.165, 1.54) is 11.8 Å². The van der Waals surface area contributed by atoms with Crippen molar-refractivity contribution in [3.8, 4) is 0 Å². The molecule has 8 heteroatoms. The molecule has 0 radical (unpaired) electrons. The van der Waals surface area contributed by atoms with Gasteiger partial charge in [-0.05, 0) is 23.8 Å². The topological polar surface area (TPSA) is 90.0 Å². The predicted octanol–water partition coefficient (Wildman–Crippen LogP) is 0.553. The van der Waals surface area contributed by atoms with Gasteiger partial charge in [0, 0.05) is 18.8 Å². The van der Waals surface area contributed by atoms with E-state index in [2.05, 4.69) is 0 Å². The number of rotatable bonds is 6. The molecule has 22 heavy (non-hydrogen) atoms. The molecule has 1 aliphatic heterocycles. The Balaban J connectivity index is 2.15. The molecule has 118 valence electrons. The number of amides is 1. The van der Waals surface area contributed by atoms with Crippen molar-refractivity contribution in [2.75, 3.05) is 31.2 Å². The van der Waals surface area contributed by atoms with Crippen LogP contribution in [0, 0.1) is 0 Å². The molecule has 1 amide bonds. The van der Waals surface area contributed by atoms with E-state index >= 15 is 0 Å². The largest absolute Gasteiger partial charge is 0.395 e. The van der Waals surface area contributed by atoms with Gasteiger partial charge in [-0.2, -0.15) is 0 Å². The molecule has 1 aromatic carbocycles. The van der Waals surface area contributed by atoms with Gasteiger partial charge in [0.2, 0.25) is 0 Å². The second-order valence-electron chi connectivity index (χ2n) is 4.58. The second-order valence-corrected chi connectivity index (χ2v) is 6.25. The number of carbonyl (C=O) groups excluding carboxylic acids is 1. The number of anilines is 1. The molecule has 0 saturated carbocycles. The number of aliphatic hydroxyl groups excluding tert-OH is 2. The van der Waals surface area contributed by atoms with Gasteiger partial charge in [0.15, 0.2) is 4.32 Å². The first-order valence-electron chi connectivity index (χ1n) is 6.66. The number of aliphatic hydroxyl groups is 2. The van der Waals surface area contributed by atoms with Crippen LogP contribution in [0.2, 0.25) is 0 Å². The molecule has 4 N–H and O–H groups in total. The number of nitrogens with zero attached hydrogens (tertiary/aromatic N) is 2. The first-order valence-corrected chi connectivity index (χ1v) is 7.88. The molecule has 0 atom stereocenters. The molecule has 0 aromatic heterocycles. The molecule has 6 nitrogen and oxygen atoms in total. The number of hydrogen-bond donors (Lipinski definition) is 3. The van der Waals surface area contributed by atoms with Crippen molar-refractivity contribution in [1.29, 1.82) is 0 Å². The van der Waals surface area contributed by atoms with Crippen molar-refractivity contribution in [3.05, 3.63) is 34.7 Å². The van der Waals surface area contributed by atoms with Gasteiger partial charge in [-0.15, -0.1) is 0 Å². The summed E-state index contributed by atoms with van der Waals surface area (Å²) in [7, 11) is 0. The van der Waals surface area contributed by atoms with E-state index in [-0.39, 0.29) is 19.1 Å². The molecule has 2 rings (SSSR count). The van der Waals surface area contributed by atoms with Crippen molar-refractivity contribution in [1.82, 2.24) is 5.01 Å². The van der Waals surface area contributed by atoms with Crippen molar-refractivity contribution >= 4 is 46.0 Å². The zero-order valence-corrected chi connectivity index (χ0v) is 13.4. The van der Waals surface area contributed by atoms with Gasteiger partial charge >= 0.3 is 0 Å². The smallest absolute Gasteiger partial charge is 0.280 e. The summed E-state index contributed by atoms with van der Waals surface area (Å²) in [5.74, 6) is 5.22. The minimum atomic E-state index is -0.304. The van der Waals surface area contributed by atoms with Crippen molar-refractivity contribution < 1.29 is 15.0 Å². The lowest BCUT2D eigenvalue weighted by Crippen LogP contribution is -2.34. The summed E-state index contributed by atoms with van der Waals surface area (Å²) in [5, 5.41) is 19.1. The Kier molecular flexibility index (Phi) is 5.92. The highest BCUT2D eigenvalue weighted by Gasteiger charge is 2.29. The fourth-order valence-electron chi connectivity index (χ4n) is 2.02. The van der Waals surface area contributed by atoms with E-state index < -0.39 is 0 Å². The summed E-state index contributed by atoms with van der Waals surface area (Å²) in [6, 6.07) is 7.47. The first kappa shape index (κ1) is 16.9. The normalized spacial score (nSPS) is 16.7. The number of thioether (sulfide) groups is 1. The van der Waals surface area contributed by atoms with Gasteiger partial charge in [-0.25, -0.2) is 10.9 Å². The third-order valence-electron chi connectivity index (χ3n) is 3.12. The number of carbonyl (C=O) groups is 1. The summed E-state index contributed by atoms with van der Waals surface area (Å²) in [6.07, 6.45) is 1.73. The van der Waals surface area contributed by atoms with Crippen LogP contribution >= 0.6 is 24.0 Å². The number of benzene rings is 1. The number of hydrazine groups is 1. The van der Waals surface area contributed by atoms with Crippen LogP contribution in [-0.4, -0.2) is 51.8 Å². The monoisotopic (exact) mass is 339 g/mol. The Bertz CT molecular complexity index is 584. The first-order chi connectivity index (χ1) is 10.6. The van der Waals surface area contributed by atoms with Crippen LogP contribution in [0.4, 0.5) is 5.69 Å². The molecule has 1 saturated heterocycles. The lowest BCUT2D eigenvalue weighted by molar-refractivity contribution is -0.122. The third-order valence-corrected chi connectivity index (χ3v) is 4.45. The van der Waals surface area contributed by atoms with Crippen LogP contribution in [0.1, 0.15) is 5.56 Å². The van der Waals surface area contributed by atoms with Gasteiger partial charge in [0.05, 0.1) is 18.1 Å². The summed E-state index contributed by atoms with van der Waals surface area (Å²) >= 11 is 6.14. The maximum Gasteiger partial charge on any atom is 0.280 e. The van der Waals surface area contributed by atoms with Crippen LogP contribution < -0.4 is 10.7 Å². The highest BCUT2D eigenvalue weighted by molar-refractivity contribution is 8.26. The van der Waals surface area contributed by atoms with Gasteiger partial charge < -0.3 is 15.1 Å². The molecule has 0 aliphatic carbocycles. The van der Waals surface area contributed by atoms with Crippen LogP contribution in [0.5, 0.6) is 0 Å². The minimum Gasteiger partial charge on any atom is -0.395 e. The maximum atomic E-state index is 11.8. The number of nitrogens with two attached hydrogens (primary N) is 1. The standard InChI is InChI=1S/C14H17N3O3S2/c15-17-13(20)12(22-14(17)21)9-10-1-3-11(4-2-10)16(5-7-18)6-8-19/h1-4,9,18-19H,5-8,15H2/b12-9+. The Morgan fingerprint density at radius 1 is 1.23 bits per heavy atom. The van der Waals surface area contributed by atoms with Crippen LogP contribution in [0.3, 0.4) is 0 Å². The fourth-order valence-corrected chi connectivity index (χ4v) is 3.13. The molecule has 0 spiro atoms. The van der Waals surface area contributed by atoms with E-state index in [4.69, 9.17) is 28.3 Å². The highest BCUT2D eigenvalue weighted by atomic mass is 32.2. The van der Waals surface area contributed by atoms with Crippen molar-refractivity contribution in [2.45, 2.75) is 0 Å². The zero-order chi connectivity index (χ0) is 16.1. The summed E-state index contributed by atoms with van der Waals surface area (Å²) in [5.41, 5.74) is 1.75. The fraction of sp³-hybridized carbons (Fsp3) is 0.286. The van der Waals surface area contributed by atoms with E-state index in [0.717, 1.165) is 16.3 Å². The van der Waals surface area contributed by atoms with E-state index in [9.17, 15) is 4.79 Å². The average Bonchev–Trinajstić information content (AvgIpc) is 2.75. The van der Waals surface area contributed by atoms with E-state index in [1.54, 1.807) is 6.08 Å². The zero-order valence-electron chi connectivity index (χ0n) is 11.8. The second kappa shape index (κ2) is 7.70. The third kappa shape index (κ3) is 3.84. The van der Waals surface area contributed by atoms with Crippen LogP contribution in [0.15, 0.2) is 29.2 Å². The Labute approximate surface area is 138 Å². The molecular formula is C14H17N3O3S2. The van der Waals surface area contributed by atoms with Crippen LogP contribution in [0.25, 0.3) is 6.08 Å². The quantitative estimate of drug-likeness (QED) is 0.302. The highest BCUT2D eigenvalue weighted by Crippen LogP contribution is 2.30. The molecule has 1 heterocycles. The molecule has 0 bridgehead atoms. The van der Waals surface area contributed by atoms with E-state index in [0.29, 0.717) is 22.3 Å². The minimum absolute atomic E-state index is 0.0146. The average molecular weight is 339 g/mol. The molecule has 1 aliphatic rings. The van der Waals surface area contributed by atoms with Gasteiger partial charge in [0.25, 0.3) is 5.91 Å². The summed E-state index contributed by atoms with van der Waals surface area (Å²) in [4.78, 5) is 14.2. The van der Waals surface area contributed by atoms with Gasteiger partial charge in [-0.3, -0.25) is 4.79 Å². The summed E-state index contributed by atoms with van der Waals surface area (Å²) in [6.45, 7) is 0.929. The number of thiocarbonyl (C=S) groups is 1. The van der Waals surface area contributed by atoms with Gasteiger partial charge in [0.1, 0.15) is 0 Å².